The van der Waals surface area contributed by atoms with E-state index in [9.17, 15) is 9.59 Å². The normalized spacial score (nSPS) is 11.8. The van der Waals surface area contributed by atoms with Crippen LogP contribution in [0.5, 0.6) is 5.75 Å². The van der Waals surface area contributed by atoms with Gasteiger partial charge in [-0.15, -0.1) is 11.3 Å². The van der Waals surface area contributed by atoms with E-state index in [-0.39, 0.29) is 12.3 Å². The molecule has 2 heterocycles. The van der Waals surface area contributed by atoms with E-state index in [0.29, 0.717) is 17.1 Å². The number of esters is 1. The van der Waals surface area contributed by atoms with Crippen molar-refractivity contribution < 1.29 is 23.6 Å². The smallest absolute Gasteiger partial charge is 0.333 e. The molecule has 0 aliphatic rings. The number of aryl methyl sites for hydroxylation is 1. The lowest BCUT2D eigenvalue weighted by Gasteiger charge is -2.15. The monoisotopic (exact) mass is 437 g/mol. The number of ether oxygens (including phenoxy) is 2. The zero-order chi connectivity index (χ0) is 21.8. The second-order valence-corrected chi connectivity index (χ2v) is 7.85. The van der Waals surface area contributed by atoms with Crippen LogP contribution in [0.1, 0.15) is 32.9 Å². The van der Waals surface area contributed by atoms with Crippen LogP contribution in [0, 0.1) is 6.92 Å². The Kier molecular flexibility index (Phi) is 5.94. The standard InChI is InChI=1S/C22H19N3O5S/c1-13-23-16-9-6-10-18(20(16)31-13)29-12-15-11-17(25-30-15)21(26)24-19(22(27)28-2)14-7-4-3-5-8-14/h3-11,19H,12H2,1-2H3,(H,24,26)/t19-/m0/s1. The van der Waals surface area contributed by atoms with E-state index in [1.54, 1.807) is 35.6 Å². The molecule has 0 unspecified atom stereocenters. The maximum atomic E-state index is 12.6. The molecule has 0 saturated carbocycles. The van der Waals surface area contributed by atoms with Gasteiger partial charge >= 0.3 is 5.97 Å². The van der Waals surface area contributed by atoms with Crippen LogP contribution in [0.3, 0.4) is 0 Å². The van der Waals surface area contributed by atoms with Crippen LogP contribution >= 0.6 is 11.3 Å². The zero-order valence-electron chi connectivity index (χ0n) is 16.8. The minimum absolute atomic E-state index is 0.0373. The van der Waals surface area contributed by atoms with Gasteiger partial charge in [0.05, 0.1) is 22.3 Å². The van der Waals surface area contributed by atoms with E-state index >= 15 is 0 Å². The Morgan fingerprint density at radius 1 is 1.16 bits per heavy atom. The molecule has 2 aromatic carbocycles. The van der Waals surface area contributed by atoms with E-state index in [1.165, 1.54) is 13.2 Å². The van der Waals surface area contributed by atoms with Gasteiger partial charge in [-0.3, -0.25) is 4.79 Å². The molecule has 8 nitrogen and oxygen atoms in total. The number of rotatable bonds is 7. The van der Waals surface area contributed by atoms with Gasteiger partial charge in [0.1, 0.15) is 12.4 Å². The van der Waals surface area contributed by atoms with Gasteiger partial charge in [0.2, 0.25) is 0 Å². The summed E-state index contributed by atoms with van der Waals surface area (Å²) in [6.45, 7) is 2.03. The Labute approximate surface area is 181 Å². The van der Waals surface area contributed by atoms with Crippen LogP contribution < -0.4 is 10.1 Å². The first-order chi connectivity index (χ1) is 15.0. The average molecular weight is 437 g/mol. The molecular formula is C22H19N3O5S. The van der Waals surface area contributed by atoms with Crippen molar-refractivity contribution in [1.82, 2.24) is 15.5 Å². The topological polar surface area (TPSA) is 104 Å². The van der Waals surface area contributed by atoms with Gasteiger partial charge in [-0.25, -0.2) is 9.78 Å². The maximum absolute atomic E-state index is 12.6. The number of hydrogen-bond donors (Lipinski definition) is 1. The Balaban J connectivity index is 1.45. The first-order valence-electron chi connectivity index (χ1n) is 9.43. The van der Waals surface area contributed by atoms with E-state index in [0.717, 1.165) is 15.2 Å². The van der Waals surface area contributed by atoms with Crippen LogP contribution in [0.15, 0.2) is 59.1 Å². The minimum Gasteiger partial charge on any atom is -0.484 e. The highest BCUT2D eigenvalue weighted by atomic mass is 32.1. The molecule has 0 fully saturated rings. The fourth-order valence-electron chi connectivity index (χ4n) is 3.03. The zero-order valence-corrected chi connectivity index (χ0v) is 17.6. The molecule has 0 radical (unpaired) electrons. The Morgan fingerprint density at radius 3 is 2.74 bits per heavy atom. The van der Waals surface area contributed by atoms with Crippen molar-refractivity contribution in [2.45, 2.75) is 19.6 Å². The Bertz CT molecular complexity index is 1220. The fourth-order valence-corrected chi connectivity index (χ4v) is 3.92. The highest BCUT2D eigenvalue weighted by molar-refractivity contribution is 7.18. The summed E-state index contributed by atoms with van der Waals surface area (Å²) in [5.41, 5.74) is 1.50. The molecule has 1 amide bonds. The molecule has 4 rings (SSSR count). The van der Waals surface area contributed by atoms with Crippen LogP contribution in [0.4, 0.5) is 0 Å². The number of aromatic nitrogens is 2. The van der Waals surface area contributed by atoms with Crippen molar-refractivity contribution in [3.63, 3.8) is 0 Å². The van der Waals surface area contributed by atoms with E-state index in [1.807, 2.05) is 31.2 Å². The Morgan fingerprint density at radius 2 is 1.97 bits per heavy atom. The van der Waals surface area contributed by atoms with Crippen LogP contribution in [-0.2, 0) is 16.1 Å². The summed E-state index contributed by atoms with van der Waals surface area (Å²) in [5.74, 6) is -0.0907. The van der Waals surface area contributed by atoms with Crippen molar-refractivity contribution in [3.8, 4) is 5.75 Å². The number of nitrogens with one attached hydrogen (secondary N) is 1. The average Bonchev–Trinajstić information content (AvgIpc) is 3.42. The lowest BCUT2D eigenvalue weighted by Crippen LogP contribution is -2.34. The predicted molar refractivity (Wildman–Crippen MR) is 114 cm³/mol. The molecule has 4 aromatic rings. The third-order valence-corrected chi connectivity index (χ3v) is 5.49. The molecule has 0 spiro atoms. The van der Waals surface area contributed by atoms with Crippen molar-refractivity contribution >= 4 is 33.4 Å². The number of amides is 1. The molecule has 1 N–H and O–H groups in total. The third kappa shape index (κ3) is 4.56. The number of thiazole rings is 1. The molecule has 0 aliphatic heterocycles. The third-order valence-electron chi connectivity index (χ3n) is 4.49. The quantitative estimate of drug-likeness (QED) is 0.438. The van der Waals surface area contributed by atoms with Gasteiger partial charge in [-0.1, -0.05) is 41.6 Å². The van der Waals surface area contributed by atoms with Crippen LogP contribution in [0.2, 0.25) is 0 Å². The summed E-state index contributed by atoms with van der Waals surface area (Å²) in [6, 6.07) is 15.0. The molecule has 0 aliphatic carbocycles. The van der Waals surface area contributed by atoms with Crippen molar-refractivity contribution in [3.05, 3.63) is 76.6 Å². The number of fused-ring (bicyclic) bond motifs is 1. The van der Waals surface area contributed by atoms with E-state index < -0.39 is 17.9 Å². The summed E-state index contributed by atoms with van der Waals surface area (Å²) < 4.78 is 16.8. The second-order valence-electron chi connectivity index (χ2n) is 6.64. The molecule has 158 valence electrons. The van der Waals surface area contributed by atoms with E-state index in [2.05, 4.69) is 15.5 Å². The number of carbonyl (C=O) groups is 2. The first kappa shape index (κ1) is 20.5. The Hall–Kier alpha value is -3.72. The highest BCUT2D eigenvalue weighted by Crippen LogP contribution is 2.31. The summed E-state index contributed by atoms with van der Waals surface area (Å²) in [4.78, 5) is 29.2. The lowest BCUT2D eigenvalue weighted by atomic mass is 10.1. The summed E-state index contributed by atoms with van der Waals surface area (Å²) in [5, 5.41) is 7.38. The predicted octanol–water partition coefficient (Wildman–Crippen LogP) is 3.82. The second kappa shape index (κ2) is 8.97. The molecule has 0 bridgehead atoms. The van der Waals surface area contributed by atoms with Gasteiger partial charge in [-0.05, 0) is 24.6 Å². The molecule has 9 heteroatoms. The number of nitrogens with zero attached hydrogens (tertiary/aromatic N) is 2. The minimum atomic E-state index is -0.956. The molecule has 0 saturated heterocycles. The lowest BCUT2D eigenvalue weighted by molar-refractivity contribution is -0.143. The van der Waals surface area contributed by atoms with Gasteiger partial charge < -0.3 is 19.3 Å². The molecular weight excluding hydrogens is 418 g/mol. The number of benzene rings is 2. The summed E-state index contributed by atoms with van der Waals surface area (Å²) in [7, 11) is 1.27. The van der Waals surface area contributed by atoms with E-state index in [4.69, 9.17) is 14.0 Å². The molecule has 31 heavy (non-hydrogen) atoms. The van der Waals surface area contributed by atoms with Gasteiger partial charge in [0.15, 0.2) is 17.5 Å². The number of methoxy groups -OCH3 is 1. The van der Waals surface area contributed by atoms with Crippen LogP contribution in [-0.4, -0.2) is 29.1 Å². The number of carbonyl (C=O) groups excluding carboxylic acids is 2. The first-order valence-corrected chi connectivity index (χ1v) is 10.2. The summed E-state index contributed by atoms with van der Waals surface area (Å²) >= 11 is 1.54. The molecule has 2 aromatic heterocycles. The van der Waals surface area contributed by atoms with Crippen LogP contribution in [0.25, 0.3) is 10.2 Å². The van der Waals surface area contributed by atoms with Gasteiger partial charge in [0, 0.05) is 6.07 Å². The summed E-state index contributed by atoms with van der Waals surface area (Å²) in [6.07, 6.45) is 0. The maximum Gasteiger partial charge on any atom is 0.333 e. The SMILES string of the molecule is COC(=O)[C@@H](NC(=O)c1cc(COc2cccc3nc(C)sc23)on1)c1ccccc1. The van der Waals surface area contributed by atoms with Gasteiger partial charge in [-0.2, -0.15) is 0 Å². The fraction of sp³-hybridized carbons (Fsp3) is 0.182. The van der Waals surface area contributed by atoms with Crippen molar-refractivity contribution in [2.24, 2.45) is 0 Å². The molecule has 1 atom stereocenters. The van der Waals surface area contributed by atoms with Crippen molar-refractivity contribution in [2.75, 3.05) is 7.11 Å². The largest absolute Gasteiger partial charge is 0.484 e. The highest BCUT2D eigenvalue weighted by Gasteiger charge is 2.25. The van der Waals surface area contributed by atoms with Gasteiger partial charge in [0.25, 0.3) is 5.91 Å². The van der Waals surface area contributed by atoms with Crippen molar-refractivity contribution in [1.29, 1.82) is 0 Å². The number of hydrogen-bond acceptors (Lipinski definition) is 8.